The highest BCUT2D eigenvalue weighted by molar-refractivity contribution is 6.23. The van der Waals surface area contributed by atoms with E-state index < -0.39 is 0 Å². The van der Waals surface area contributed by atoms with Crippen LogP contribution in [-0.4, -0.2) is 19.9 Å². The number of hydrogen-bond donors (Lipinski definition) is 0. The van der Waals surface area contributed by atoms with Crippen LogP contribution >= 0.6 is 0 Å². The summed E-state index contributed by atoms with van der Waals surface area (Å²) in [5.41, 5.74) is 11.7. The van der Waals surface area contributed by atoms with E-state index in [9.17, 15) is 0 Å². The molecule has 0 aliphatic rings. The molecule has 0 amide bonds. The van der Waals surface area contributed by atoms with Gasteiger partial charge in [-0.3, -0.25) is 0 Å². The molecule has 0 unspecified atom stereocenters. The Bertz CT molecular complexity index is 3580. The van der Waals surface area contributed by atoms with Crippen LogP contribution in [0.3, 0.4) is 0 Å². The summed E-state index contributed by atoms with van der Waals surface area (Å²) in [5.74, 6) is 1.92. The number of hydrogen-bond acceptors (Lipinski definition) is 5. The monoisotopic (exact) mass is 778 g/mol. The minimum Gasteiger partial charge on any atom is -0.454 e. The molecule has 0 N–H and O–H groups in total. The zero-order chi connectivity index (χ0) is 40.3. The summed E-state index contributed by atoms with van der Waals surface area (Å²) >= 11 is 0. The summed E-state index contributed by atoms with van der Waals surface area (Å²) in [6.07, 6.45) is 0. The van der Waals surface area contributed by atoms with Crippen molar-refractivity contribution in [3.63, 3.8) is 0 Å². The normalized spacial score (nSPS) is 11.6. The highest BCUT2D eigenvalue weighted by Gasteiger charge is 2.21. The maximum absolute atomic E-state index is 6.70. The Kier molecular flexibility index (Phi) is 8.10. The lowest BCUT2D eigenvalue weighted by molar-refractivity contribution is 0.669. The maximum Gasteiger partial charge on any atom is 0.164 e. The fourth-order valence-electron chi connectivity index (χ4n) is 8.73. The molecular formula is C56H34N4O. The molecule has 0 radical (unpaired) electrons. The largest absolute Gasteiger partial charge is 0.454 e. The van der Waals surface area contributed by atoms with E-state index in [0.717, 1.165) is 88.4 Å². The minimum absolute atomic E-state index is 0.632. The van der Waals surface area contributed by atoms with Gasteiger partial charge in [0.15, 0.2) is 23.1 Å². The predicted octanol–water partition coefficient (Wildman–Crippen LogP) is 14.6. The van der Waals surface area contributed by atoms with Gasteiger partial charge in [-0.05, 0) is 68.1 Å². The SMILES string of the molecule is c1ccc(-c2nc(-c3ccccc3)nc(-c3ccc(-c4cccc(-c5ccc6c(c5)nc(-c5cc7ccccc7c7ccccc57)c5oc7ccccc7c56)c4)cc3)n2)cc1. The van der Waals surface area contributed by atoms with Crippen molar-refractivity contribution in [1.82, 2.24) is 19.9 Å². The van der Waals surface area contributed by atoms with Gasteiger partial charge in [0.05, 0.1) is 5.52 Å². The molecule has 3 aromatic heterocycles. The van der Waals surface area contributed by atoms with Gasteiger partial charge >= 0.3 is 0 Å². The average Bonchev–Trinajstić information content (AvgIpc) is 3.74. The smallest absolute Gasteiger partial charge is 0.164 e. The molecule has 0 fully saturated rings. The molecule has 0 spiro atoms. The van der Waals surface area contributed by atoms with Gasteiger partial charge in [-0.15, -0.1) is 0 Å². The van der Waals surface area contributed by atoms with Crippen molar-refractivity contribution in [3.8, 4) is 67.7 Å². The Labute approximate surface area is 351 Å². The number of nitrogens with zero attached hydrogens (tertiary/aromatic N) is 4. The first-order chi connectivity index (χ1) is 30.2. The average molecular weight is 779 g/mol. The van der Waals surface area contributed by atoms with Gasteiger partial charge in [0.2, 0.25) is 0 Å². The van der Waals surface area contributed by atoms with Gasteiger partial charge in [-0.25, -0.2) is 19.9 Å². The number of benzene rings is 9. The Balaban J connectivity index is 0.955. The summed E-state index contributed by atoms with van der Waals surface area (Å²) in [6.45, 7) is 0. The van der Waals surface area contributed by atoms with E-state index >= 15 is 0 Å². The Hall–Kier alpha value is -8.28. The summed E-state index contributed by atoms with van der Waals surface area (Å²) in [7, 11) is 0. The van der Waals surface area contributed by atoms with E-state index in [4.69, 9.17) is 24.4 Å². The highest BCUT2D eigenvalue weighted by Crippen LogP contribution is 2.43. The van der Waals surface area contributed by atoms with Crippen LogP contribution in [0.1, 0.15) is 0 Å². The molecule has 284 valence electrons. The molecule has 3 heterocycles. The summed E-state index contributed by atoms with van der Waals surface area (Å²) in [6, 6.07) is 71.7. The Morgan fingerprint density at radius 1 is 0.311 bits per heavy atom. The van der Waals surface area contributed by atoms with Crippen molar-refractivity contribution in [3.05, 3.63) is 206 Å². The second-order valence-corrected chi connectivity index (χ2v) is 15.4. The van der Waals surface area contributed by atoms with Crippen molar-refractivity contribution in [2.45, 2.75) is 0 Å². The van der Waals surface area contributed by atoms with Crippen LogP contribution in [0, 0.1) is 0 Å². The molecule has 5 nitrogen and oxygen atoms in total. The number of para-hydroxylation sites is 1. The van der Waals surface area contributed by atoms with Crippen molar-refractivity contribution in [2.24, 2.45) is 0 Å². The summed E-state index contributed by atoms with van der Waals surface area (Å²) < 4.78 is 6.70. The van der Waals surface area contributed by atoms with Gasteiger partial charge < -0.3 is 4.42 Å². The van der Waals surface area contributed by atoms with Crippen molar-refractivity contribution in [1.29, 1.82) is 0 Å². The lowest BCUT2D eigenvalue weighted by Crippen LogP contribution is -2.00. The molecule has 12 aromatic rings. The number of fused-ring (bicyclic) bond motifs is 8. The lowest BCUT2D eigenvalue weighted by atomic mass is 9.93. The third kappa shape index (κ3) is 6.02. The van der Waals surface area contributed by atoms with Crippen LogP contribution in [0.15, 0.2) is 211 Å². The highest BCUT2D eigenvalue weighted by atomic mass is 16.3. The number of pyridine rings is 1. The van der Waals surface area contributed by atoms with Gasteiger partial charge in [-0.2, -0.15) is 0 Å². The number of furan rings is 1. The Morgan fingerprint density at radius 2 is 0.820 bits per heavy atom. The first-order valence-electron chi connectivity index (χ1n) is 20.5. The molecule has 0 aliphatic carbocycles. The van der Waals surface area contributed by atoms with E-state index in [1.165, 1.54) is 16.2 Å². The molecule has 9 aromatic carbocycles. The van der Waals surface area contributed by atoms with Crippen LogP contribution in [-0.2, 0) is 0 Å². The van der Waals surface area contributed by atoms with Crippen LogP contribution in [0.4, 0.5) is 0 Å². The Morgan fingerprint density at radius 3 is 1.52 bits per heavy atom. The van der Waals surface area contributed by atoms with Crippen LogP contribution < -0.4 is 0 Å². The van der Waals surface area contributed by atoms with Gasteiger partial charge in [-0.1, -0.05) is 182 Å². The van der Waals surface area contributed by atoms with Crippen LogP contribution in [0.2, 0.25) is 0 Å². The standard InChI is InChI=1S/C56H34N4O/c1-3-14-36(15-4-1)54-58-55(37-16-5-2-6-17-37)60-56(59-54)38-28-26-35(27-29-38)39-19-13-20-40(32-39)41-30-31-46-49(34-41)57-52(53-51(46)47-24-11-12-25-50(47)61-53)48-33-42-18-7-8-21-43(42)44-22-9-10-23-45(44)48/h1-34H. The number of rotatable bonds is 6. The fraction of sp³-hybridized carbons (Fsp3) is 0. The van der Waals surface area contributed by atoms with Crippen molar-refractivity contribution >= 4 is 54.4 Å². The van der Waals surface area contributed by atoms with Crippen LogP contribution in [0.5, 0.6) is 0 Å². The van der Waals surface area contributed by atoms with Crippen molar-refractivity contribution in [2.75, 3.05) is 0 Å². The van der Waals surface area contributed by atoms with Gasteiger partial charge in [0, 0.05) is 38.4 Å². The molecule has 5 heteroatoms. The lowest BCUT2D eigenvalue weighted by Gasteiger charge is -2.13. The van der Waals surface area contributed by atoms with Crippen LogP contribution in [0.25, 0.3) is 122 Å². The van der Waals surface area contributed by atoms with E-state index in [0.29, 0.717) is 17.5 Å². The molecule has 12 rings (SSSR count). The first kappa shape index (κ1) is 34.7. The molecule has 0 bridgehead atoms. The topological polar surface area (TPSA) is 64.7 Å². The first-order valence-corrected chi connectivity index (χ1v) is 20.5. The third-order valence-corrected chi connectivity index (χ3v) is 11.7. The maximum atomic E-state index is 6.70. The summed E-state index contributed by atoms with van der Waals surface area (Å²) in [5, 5.41) is 7.96. The van der Waals surface area contributed by atoms with E-state index in [2.05, 4.69) is 133 Å². The van der Waals surface area contributed by atoms with E-state index in [-0.39, 0.29) is 0 Å². The minimum atomic E-state index is 0.632. The quantitative estimate of drug-likeness (QED) is 0.157. The molecule has 0 saturated carbocycles. The molecular weight excluding hydrogens is 745 g/mol. The fourth-order valence-corrected chi connectivity index (χ4v) is 8.73. The zero-order valence-corrected chi connectivity index (χ0v) is 32.8. The molecule has 61 heavy (non-hydrogen) atoms. The molecule has 0 saturated heterocycles. The number of aromatic nitrogens is 4. The second-order valence-electron chi connectivity index (χ2n) is 15.4. The predicted molar refractivity (Wildman–Crippen MR) is 250 cm³/mol. The third-order valence-electron chi connectivity index (χ3n) is 11.7. The van der Waals surface area contributed by atoms with E-state index in [1.54, 1.807) is 0 Å². The van der Waals surface area contributed by atoms with Gasteiger partial charge in [0.25, 0.3) is 0 Å². The molecule has 0 atom stereocenters. The second kappa shape index (κ2) is 14.2. The molecule has 0 aliphatic heterocycles. The van der Waals surface area contributed by atoms with Crippen molar-refractivity contribution < 1.29 is 4.42 Å². The van der Waals surface area contributed by atoms with Gasteiger partial charge in [0.1, 0.15) is 11.3 Å². The van der Waals surface area contributed by atoms with E-state index in [1.807, 2.05) is 72.8 Å². The zero-order valence-electron chi connectivity index (χ0n) is 32.8. The summed E-state index contributed by atoms with van der Waals surface area (Å²) in [4.78, 5) is 20.2.